The average Bonchev–Trinajstić information content (AvgIpc) is 2.18. The maximum Gasteiger partial charge on any atom is 0.140 e. The van der Waals surface area contributed by atoms with Gasteiger partial charge in [0, 0.05) is 12.3 Å². The second-order valence-electron chi connectivity index (χ2n) is 3.35. The van der Waals surface area contributed by atoms with Crippen LogP contribution in [0.4, 0.5) is 0 Å². The van der Waals surface area contributed by atoms with E-state index >= 15 is 0 Å². The van der Waals surface area contributed by atoms with Crippen LogP contribution in [0.5, 0.6) is 0 Å². The Balaban J connectivity index is 2.68. The molecule has 0 N–H and O–H groups in total. The lowest BCUT2D eigenvalue weighted by Gasteiger charge is -2.09. The molecule has 13 heavy (non-hydrogen) atoms. The molecule has 1 heteroatoms. The van der Waals surface area contributed by atoms with E-state index in [2.05, 4.69) is 0 Å². The van der Waals surface area contributed by atoms with Crippen molar-refractivity contribution in [1.82, 2.24) is 0 Å². The molecule has 1 aromatic rings. The zero-order valence-electron chi connectivity index (χ0n) is 8.29. The first kappa shape index (κ1) is 9.97. The maximum absolute atomic E-state index is 11.5. The van der Waals surface area contributed by atoms with Gasteiger partial charge in [0.2, 0.25) is 0 Å². The number of benzene rings is 1. The zero-order valence-corrected chi connectivity index (χ0v) is 8.29. The van der Waals surface area contributed by atoms with Gasteiger partial charge in [0.25, 0.3) is 0 Å². The van der Waals surface area contributed by atoms with Gasteiger partial charge in [-0.15, -0.1) is 0 Å². The zero-order chi connectivity index (χ0) is 9.68. The van der Waals surface area contributed by atoms with Gasteiger partial charge in [-0.05, 0) is 12.0 Å². The summed E-state index contributed by atoms with van der Waals surface area (Å²) in [6.07, 6.45) is 1.63. The van der Waals surface area contributed by atoms with Gasteiger partial charge in [0.05, 0.1) is 0 Å². The first-order valence-electron chi connectivity index (χ1n) is 4.83. The summed E-state index contributed by atoms with van der Waals surface area (Å²) in [5, 5.41) is 0. The molecule has 1 rings (SSSR count). The highest BCUT2D eigenvalue weighted by Gasteiger charge is 2.12. The Morgan fingerprint density at radius 1 is 1.31 bits per heavy atom. The first-order valence-corrected chi connectivity index (χ1v) is 4.83. The Hall–Kier alpha value is -1.11. The molecule has 1 nitrogen and oxygen atoms in total. The van der Waals surface area contributed by atoms with Crippen LogP contribution in [0.1, 0.15) is 38.2 Å². The molecule has 0 aliphatic heterocycles. The number of carbonyl (C=O) groups excluding carboxylic acids is 1. The topological polar surface area (TPSA) is 17.1 Å². The van der Waals surface area contributed by atoms with Crippen molar-refractivity contribution in [3.8, 4) is 0 Å². The molecule has 0 radical (unpaired) electrons. The van der Waals surface area contributed by atoms with Crippen LogP contribution in [0.2, 0.25) is 0 Å². The summed E-state index contributed by atoms with van der Waals surface area (Å²) < 4.78 is 0. The van der Waals surface area contributed by atoms with E-state index < -0.39 is 0 Å². The van der Waals surface area contributed by atoms with E-state index in [1.165, 1.54) is 0 Å². The Bertz CT molecular complexity index is 264. The standard InChI is InChI=1S/C12H16O/c1-3-7-12(13)10(2)11-8-5-4-6-9-11/h4-6,8-10H,3,7H2,1-2H3. The second-order valence-corrected chi connectivity index (χ2v) is 3.35. The van der Waals surface area contributed by atoms with E-state index in [9.17, 15) is 4.79 Å². The third kappa shape index (κ3) is 2.69. The van der Waals surface area contributed by atoms with Gasteiger partial charge in [-0.1, -0.05) is 44.2 Å². The predicted molar refractivity (Wildman–Crippen MR) is 54.8 cm³/mol. The molecular formula is C12H16O. The van der Waals surface area contributed by atoms with Gasteiger partial charge in [0.1, 0.15) is 5.78 Å². The number of ketones is 1. The van der Waals surface area contributed by atoms with Crippen molar-refractivity contribution < 1.29 is 4.79 Å². The van der Waals surface area contributed by atoms with E-state index in [4.69, 9.17) is 0 Å². The van der Waals surface area contributed by atoms with Gasteiger partial charge in [-0.3, -0.25) is 4.79 Å². The molecule has 0 bridgehead atoms. The molecule has 0 saturated heterocycles. The van der Waals surface area contributed by atoms with E-state index in [1.54, 1.807) is 0 Å². The molecule has 0 fully saturated rings. The van der Waals surface area contributed by atoms with E-state index in [0.29, 0.717) is 12.2 Å². The van der Waals surface area contributed by atoms with Crippen LogP contribution >= 0.6 is 0 Å². The highest BCUT2D eigenvalue weighted by atomic mass is 16.1. The Morgan fingerprint density at radius 3 is 2.46 bits per heavy atom. The summed E-state index contributed by atoms with van der Waals surface area (Å²) >= 11 is 0. The summed E-state index contributed by atoms with van der Waals surface area (Å²) in [4.78, 5) is 11.5. The van der Waals surface area contributed by atoms with Crippen molar-refractivity contribution in [3.63, 3.8) is 0 Å². The van der Waals surface area contributed by atoms with Crippen LogP contribution in [0, 0.1) is 0 Å². The molecule has 1 atom stereocenters. The minimum atomic E-state index is 0.0566. The fourth-order valence-corrected chi connectivity index (χ4v) is 1.39. The number of hydrogen-bond donors (Lipinski definition) is 0. The maximum atomic E-state index is 11.5. The molecule has 1 aromatic carbocycles. The van der Waals surface area contributed by atoms with Gasteiger partial charge >= 0.3 is 0 Å². The van der Waals surface area contributed by atoms with Crippen molar-refractivity contribution in [3.05, 3.63) is 35.9 Å². The molecule has 0 heterocycles. The highest BCUT2D eigenvalue weighted by molar-refractivity contribution is 5.85. The normalized spacial score (nSPS) is 12.5. The largest absolute Gasteiger partial charge is 0.299 e. The minimum Gasteiger partial charge on any atom is -0.299 e. The molecule has 0 spiro atoms. The van der Waals surface area contributed by atoms with Crippen LogP contribution in [0.15, 0.2) is 30.3 Å². The lowest BCUT2D eigenvalue weighted by atomic mass is 9.94. The van der Waals surface area contributed by atoms with Gasteiger partial charge in [0.15, 0.2) is 0 Å². The molecule has 0 aliphatic carbocycles. The molecular weight excluding hydrogens is 160 g/mol. The van der Waals surface area contributed by atoms with Crippen molar-refractivity contribution in [2.45, 2.75) is 32.6 Å². The summed E-state index contributed by atoms with van der Waals surface area (Å²) in [6.45, 7) is 4.02. The summed E-state index contributed by atoms with van der Waals surface area (Å²) in [7, 11) is 0. The lowest BCUT2D eigenvalue weighted by Crippen LogP contribution is -2.08. The summed E-state index contributed by atoms with van der Waals surface area (Å²) in [5.41, 5.74) is 1.13. The van der Waals surface area contributed by atoms with Gasteiger partial charge in [-0.2, -0.15) is 0 Å². The molecule has 0 saturated carbocycles. The fourth-order valence-electron chi connectivity index (χ4n) is 1.39. The summed E-state index contributed by atoms with van der Waals surface area (Å²) in [5.74, 6) is 0.398. The average molecular weight is 176 g/mol. The lowest BCUT2D eigenvalue weighted by molar-refractivity contribution is -0.120. The van der Waals surface area contributed by atoms with Crippen LogP contribution < -0.4 is 0 Å². The van der Waals surface area contributed by atoms with Crippen LogP contribution in [-0.2, 0) is 4.79 Å². The SMILES string of the molecule is CCCC(=O)C(C)c1ccccc1. The number of rotatable bonds is 4. The van der Waals surface area contributed by atoms with Crippen LogP contribution in [0.3, 0.4) is 0 Å². The first-order chi connectivity index (χ1) is 6.25. The fraction of sp³-hybridized carbons (Fsp3) is 0.417. The van der Waals surface area contributed by atoms with Crippen LogP contribution in [-0.4, -0.2) is 5.78 Å². The smallest absolute Gasteiger partial charge is 0.140 e. The van der Waals surface area contributed by atoms with E-state index in [0.717, 1.165) is 12.0 Å². The van der Waals surface area contributed by atoms with Crippen molar-refractivity contribution >= 4 is 5.78 Å². The van der Waals surface area contributed by atoms with E-state index in [-0.39, 0.29) is 5.92 Å². The molecule has 0 aromatic heterocycles. The highest BCUT2D eigenvalue weighted by Crippen LogP contribution is 2.17. The molecule has 0 amide bonds. The molecule has 0 aliphatic rings. The molecule has 70 valence electrons. The van der Waals surface area contributed by atoms with Gasteiger partial charge < -0.3 is 0 Å². The number of carbonyl (C=O) groups is 1. The third-order valence-electron chi connectivity index (χ3n) is 2.28. The van der Waals surface area contributed by atoms with E-state index in [1.807, 2.05) is 44.2 Å². The summed E-state index contributed by atoms with van der Waals surface area (Å²) in [6, 6.07) is 9.95. The van der Waals surface area contributed by atoms with Crippen molar-refractivity contribution in [1.29, 1.82) is 0 Å². The molecule has 1 unspecified atom stereocenters. The second kappa shape index (κ2) is 4.80. The monoisotopic (exact) mass is 176 g/mol. The Kier molecular flexibility index (Phi) is 3.69. The quantitative estimate of drug-likeness (QED) is 0.688. The third-order valence-corrected chi connectivity index (χ3v) is 2.28. The van der Waals surface area contributed by atoms with Crippen LogP contribution in [0.25, 0.3) is 0 Å². The van der Waals surface area contributed by atoms with Gasteiger partial charge in [-0.25, -0.2) is 0 Å². The van der Waals surface area contributed by atoms with Crippen molar-refractivity contribution in [2.24, 2.45) is 0 Å². The number of hydrogen-bond acceptors (Lipinski definition) is 1. The Labute approximate surface area is 79.8 Å². The number of Topliss-reactive ketones (excluding diaryl/α,β-unsaturated/α-hetero) is 1. The minimum absolute atomic E-state index is 0.0566. The Morgan fingerprint density at radius 2 is 1.92 bits per heavy atom. The predicted octanol–water partition coefficient (Wildman–Crippen LogP) is 3.16. The van der Waals surface area contributed by atoms with Crippen molar-refractivity contribution in [2.75, 3.05) is 0 Å².